The number of fused-ring (bicyclic) bond motifs is 1. The number of halogens is 3. The van der Waals surface area contributed by atoms with Crippen molar-refractivity contribution in [2.45, 2.75) is 65.8 Å². The van der Waals surface area contributed by atoms with Gasteiger partial charge in [-0.05, 0) is 38.8 Å². The molecular weight excluding hydrogens is 409 g/mol. The van der Waals surface area contributed by atoms with Gasteiger partial charge in [-0.2, -0.15) is 13.2 Å². The van der Waals surface area contributed by atoms with E-state index in [4.69, 9.17) is 9.47 Å². The van der Waals surface area contributed by atoms with Crippen molar-refractivity contribution in [3.8, 4) is 5.88 Å². The number of rotatable bonds is 8. The van der Waals surface area contributed by atoms with Crippen LogP contribution in [0.3, 0.4) is 0 Å². The fourth-order valence-corrected chi connectivity index (χ4v) is 3.41. The first-order chi connectivity index (χ1) is 14.7. The van der Waals surface area contributed by atoms with Crippen molar-refractivity contribution in [1.82, 2.24) is 15.0 Å². The molecule has 3 rings (SSSR count). The van der Waals surface area contributed by atoms with E-state index in [9.17, 15) is 13.2 Å². The lowest BCUT2D eigenvalue weighted by molar-refractivity contribution is -0.154. The number of nitrogens with one attached hydrogen (secondary N) is 1. The van der Waals surface area contributed by atoms with E-state index in [1.54, 1.807) is 13.0 Å². The first kappa shape index (κ1) is 22.8. The normalized spacial score (nSPS) is 14.4. The minimum absolute atomic E-state index is 0.0707. The van der Waals surface area contributed by atoms with Crippen molar-refractivity contribution >= 4 is 17.7 Å². The number of hydrogen-bond donors (Lipinski definition) is 1. The number of unbranched alkanes of at least 4 members (excludes halogenated alkanes) is 1. The molecule has 0 bridgehead atoms. The van der Waals surface area contributed by atoms with Gasteiger partial charge < -0.3 is 14.8 Å². The third-order valence-electron chi connectivity index (χ3n) is 5.04. The molecule has 2 aromatic rings. The van der Waals surface area contributed by atoms with Crippen molar-refractivity contribution < 1.29 is 22.6 Å². The number of aromatic nitrogens is 3. The molecule has 1 unspecified atom stereocenters. The molecule has 9 heteroatoms. The highest BCUT2D eigenvalue weighted by Crippen LogP contribution is 2.35. The summed E-state index contributed by atoms with van der Waals surface area (Å²) in [5.74, 6) is 1.16. The third kappa shape index (κ3) is 5.86. The molecule has 3 heterocycles. The van der Waals surface area contributed by atoms with Crippen LogP contribution in [0, 0.1) is 13.8 Å². The van der Waals surface area contributed by atoms with Crippen LogP contribution in [0.25, 0.3) is 11.8 Å². The topological polar surface area (TPSA) is 69.2 Å². The van der Waals surface area contributed by atoms with Gasteiger partial charge >= 0.3 is 6.18 Å². The fourth-order valence-electron chi connectivity index (χ4n) is 3.41. The van der Waals surface area contributed by atoms with E-state index in [2.05, 4.69) is 34.1 Å². The van der Waals surface area contributed by atoms with Crippen LogP contribution in [0.4, 0.5) is 19.0 Å². The van der Waals surface area contributed by atoms with Gasteiger partial charge in [0.25, 0.3) is 0 Å². The quantitative estimate of drug-likeness (QED) is 0.594. The lowest BCUT2D eigenvalue weighted by Gasteiger charge is -2.23. The molecule has 1 N–H and O–H groups in total. The van der Waals surface area contributed by atoms with Crippen molar-refractivity contribution in [2.75, 3.05) is 11.9 Å². The number of alkyl halides is 3. The number of pyridine rings is 1. The Morgan fingerprint density at radius 2 is 2.00 bits per heavy atom. The van der Waals surface area contributed by atoms with Gasteiger partial charge in [0.2, 0.25) is 5.88 Å². The highest BCUT2D eigenvalue weighted by atomic mass is 19.4. The summed E-state index contributed by atoms with van der Waals surface area (Å²) in [6.07, 6.45) is 2.07. The first-order valence-corrected chi connectivity index (χ1v) is 10.3. The Kier molecular flexibility index (Phi) is 7.02. The average Bonchev–Trinajstić information content (AvgIpc) is 2.70. The molecule has 31 heavy (non-hydrogen) atoms. The Morgan fingerprint density at radius 1 is 1.23 bits per heavy atom. The molecule has 1 atom stereocenters. The maximum atomic E-state index is 12.5. The summed E-state index contributed by atoms with van der Waals surface area (Å²) in [6, 6.07) is 1.73. The molecule has 0 aliphatic carbocycles. The van der Waals surface area contributed by atoms with Crippen LogP contribution in [-0.4, -0.2) is 33.8 Å². The van der Waals surface area contributed by atoms with Crippen molar-refractivity contribution in [2.24, 2.45) is 0 Å². The van der Waals surface area contributed by atoms with E-state index in [1.165, 1.54) is 12.4 Å². The lowest BCUT2D eigenvalue weighted by Crippen LogP contribution is -2.20. The Bertz CT molecular complexity index is 961. The molecule has 0 fully saturated rings. The summed E-state index contributed by atoms with van der Waals surface area (Å²) in [5, 5.41) is 3.43. The van der Waals surface area contributed by atoms with Crippen LogP contribution < -0.4 is 10.1 Å². The summed E-state index contributed by atoms with van der Waals surface area (Å²) in [7, 11) is 0. The Labute approximate surface area is 179 Å². The molecule has 2 aromatic heterocycles. The monoisotopic (exact) mass is 436 g/mol. The van der Waals surface area contributed by atoms with Gasteiger partial charge in [0.15, 0.2) is 6.61 Å². The number of aryl methyl sites for hydroxylation is 2. The highest BCUT2D eigenvalue weighted by Gasteiger charge is 2.29. The predicted octanol–water partition coefficient (Wildman–Crippen LogP) is 5.45. The number of ether oxygens (including phenoxy) is 2. The molecule has 0 saturated carbocycles. The molecule has 0 amide bonds. The molecule has 0 aromatic carbocycles. The van der Waals surface area contributed by atoms with Crippen LogP contribution >= 0.6 is 0 Å². The van der Waals surface area contributed by atoms with Crippen LogP contribution in [0.15, 0.2) is 12.4 Å². The summed E-state index contributed by atoms with van der Waals surface area (Å²) in [5.41, 5.74) is 3.57. The fraction of sp³-hybridized carbons (Fsp3) is 0.500. The Balaban J connectivity index is 1.93. The minimum Gasteiger partial charge on any atom is -0.488 e. The largest absolute Gasteiger partial charge is 0.488 e. The first-order valence-electron chi connectivity index (χ1n) is 10.3. The van der Waals surface area contributed by atoms with Crippen molar-refractivity contribution in [3.05, 3.63) is 40.5 Å². The van der Waals surface area contributed by atoms with Crippen molar-refractivity contribution in [3.63, 3.8) is 0 Å². The van der Waals surface area contributed by atoms with Crippen LogP contribution in [0.1, 0.15) is 61.2 Å². The Morgan fingerprint density at radius 3 is 2.71 bits per heavy atom. The SMILES string of the molecule is CCCCC(C)Nc1ncnc(C)c1C1=Cc2cc(OCC(F)(F)F)nc(C)c2CO1. The van der Waals surface area contributed by atoms with Crippen LogP contribution in [0.2, 0.25) is 0 Å². The Hall–Kier alpha value is -2.84. The van der Waals surface area contributed by atoms with E-state index in [0.29, 0.717) is 22.8 Å². The van der Waals surface area contributed by atoms with Gasteiger partial charge in [-0.25, -0.2) is 15.0 Å². The van der Waals surface area contributed by atoms with Gasteiger partial charge in [0, 0.05) is 23.4 Å². The van der Waals surface area contributed by atoms with E-state index in [0.717, 1.165) is 36.1 Å². The molecular formula is C22H27F3N4O2. The molecule has 0 radical (unpaired) electrons. The number of nitrogens with zero attached hydrogens (tertiary/aromatic N) is 3. The second-order valence-electron chi connectivity index (χ2n) is 7.69. The van der Waals surface area contributed by atoms with Gasteiger partial charge in [-0.3, -0.25) is 0 Å². The lowest BCUT2D eigenvalue weighted by atomic mass is 10.0. The van der Waals surface area contributed by atoms with Crippen molar-refractivity contribution in [1.29, 1.82) is 0 Å². The average molecular weight is 436 g/mol. The zero-order valence-corrected chi connectivity index (χ0v) is 18.1. The smallest absolute Gasteiger partial charge is 0.422 e. The predicted molar refractivity (Wildman–Crippen MR) is 113 cm³/mol. The van der Waals surface area contributed by atoms with Gasteiger partial charge in [-0.15, -0.1) is 0 Å². The molecule has 1 aliphatic rings. The van der Waals surface area contributed by atoms with Crippen LogP contribution in [0.5, 0.6) is 5.88 Å². The zero-order chi connectivity index (χ0) is 22.6. The maximum absolute atomic E-state index is 12.5. The maximum Gasteiger partial charge on any atom is 0.422 e. The van der Waals surface area contributed by atoms with E-state index >= 15 is 0 Å². The molecule has 6 nitrogen and oxygen atoms in total. The van der Waals surface area contributed by atoms with Gasteiger partial charge in [-0.1, -0.05) is 19.8 Å². The standard InChI is InChI=1S/C22H27F3N4O2/c1-5-6-7-13(2)28-21-20(15(4)26-12-27-21)18-8-16-9-19(31-11-22(23,24)25)29-14(3)17(16)10-30-18/h8-9,12-13H,5-7,10-11H2,1-4H3,(H,26,27,28). The summed E-state index contributed by atoms with van der Waals surface area (Å²) < 4.78 is 48.4. The second-order valence-corrected chi connectivity index (χ2v) is 7.69. The summed E-state index contributed by atoms with van der Waals surface area (Å²) in [4.78, 5) is 12.8. The zero-order valence-electron chi connectivity index (χ0n) is 18.1. The highest BCUT2D eigenvalue weighted by molar-refractivity contribution is 5.85. The summed E-state index contributed by atoms with van der Waals surface area (Å²) in [6.45, 7) is 6.70. The molecule has 0 spiro atoms. The van der Waals surface area contributed by atoms with E-state index in [1.807, 2.05) is 6.92 Å². The minimum atomic E-state index is -4.43. The second kappa shape index (κ2) is 9.53. The molecule has 0 saturated heterocycles. The van der Waals surface area contributed by atoms with E-state index < -0.39 is 12.8 Å². The number of anilines is 1. The van der Waals surface area contributed by atoms with Gasteiger partial charge in [0.1, 0.15) is 24.5 Å². The summed E-state index contributed by atoms with van der Waals surface area (Å²) >= 11 is 0. The van der Waals surface area contributed by atoms with Crippen LogP contribution in [-0.2, 0) is 11.3 Å². The molecule has 168 valence electrons. The number of hydrogen-bond acceptors (Lipinski definition) is 6. The van der Waals surface area contributed by atoms with Gasteiger partial charge in [0.05, 0.1) is 11.3 Å². The molecule has 1 aliphatic heterocycles. The third-order valence-corrected chi connectivity index (χ3v) is 5.04. The van der Waals surface area contributed by atoms with E-state index in [-0.39, 0.29) is 18.5 Å².